The Morgan fingerprint density at radius 1 is 1.22 bits per heavy atom. The fourth-order valence-electron chi connectivity index (χ4n) is 0.524. The van der Waals surface area contributed by atoms with E-state index in [2.05, 4.69) is 0 Å². The molecule has 1 aromatic heterocycles. The third kappa shape index (κ3) is 1.22. The van der Waals surface area contributed by atoms with Gasteiger partial charge in [-0.1, -0.05) is 0 Å². The molecular weight excluding hydrogens is 122 g/mol. The highest BCUT2D eigenvalue weighted by molar-refractivity contribution is 5.22. The van der Waals surface area contributed by atoms with Crippen molar-refractivity contribution >= 4 is 0 Å². The molecule has 0 bridgehead atoms. The lowest BCUT2D eigenvalue weighted by Crippen LogP contribution is -2.23. The van der Waals surface area contributed by atoms with E-state index in [-0.39, 0.29) is 11.5 Å². The minimum absolute atomic E-state index is 0.245. The molecule has 0 atom stereocenters. The van der Waals surface area contributed by atoms with Crippen molar-refractivity contribution in [2.45, 2.75) is 0 Å². The van der Waals surface area contributed by atoms with Crippen molar-refractivity contribution in [3.8, 4) is 11.5 Å². The Labute approximate surface area is 51.2 Å². The van der Waals surface area contributed by atoms with Crippen molar-refractivity contribution in [1.29, 1.82) is 0 Å². The zero-order valence-electron chi connectivity index (χ0n) is 4.48. The minimum Gasteiger partial charge on any atom is -0.619 e. The largest absolute Gasteiger partial charge is 0.619 e. The SMILES string of the molecule is [O-][n+]1cc(O)cc(O)c1. The predicted molar refractivity (Wildman–Crippen MR) is 28.7 cm³/mol. The van der Waals surface area contributed by atoms with Crippen LogP contribution in [0, 0.1) is 5.21 Å². The maximum Gasteiger partial charge on any atom is 0.222 e. The van der Waals surface area contributed by atoms with E-state index < -0.39 is 0 Å². The number of hydrogen-bond donors (Lipinski definition) is 2. The summed E-state index contributed by atoms with van der Waals surface area (Å²) < 4.78 is 0.324. The summed E-state index contributed by atoms with van der Waals surface area (Å²) in [7, 11) is 0. The molecule has 0 amide bonds. The normalized spacial score (nSPS) is 9.33. The zero-order chi connectivity index (χ0) is 6.85. The van der Waals surface area contributed by atoms with Crippen molar-refractivity contribution < 1.29 is 14.9 Å². The summed E-state index contributed by atoms with van der Waals surface area (Å²) in [5.74, 6) is -0.491. The monoisotopic (exact) mass is 127 g/mol. The van der Waals surface area contributed by atoms with Gasteiger partial charge in [0.25, 0.3) is 0 Å². The Bertz CT molecular complexity index is 173. The van der Waals surface area contributed by atoms with E-state index >= 15 is 0 Å². The van der Waals surface area contributed by atoms with E-state index in [4.69, 9.17) is 10.2 Å². The first-order chi connectivity index (χ1) is 4.18. The lowest BCUT2D eigenvalue weighted by molar-refractivity contribution is -0.606. The van der Waals surface area contributed by atoms with Crippen LogP contribution in [0.25, 0.3) is 0 Å². The quantitative estimate of drug-likeness (QED) is 0.372. The summed E-state index contributed by atoms with van der Waals surface area (Å²) >= 11 is 0. The van der Waals surface area contributed by atoms with Gasteiger partial charge in [-0.3, -0.25) is 0 Å². The van der Waals surface area contributed by atoms with Crippen LogP contribution in [0.3, 0.4) is 0 Å². The van der Waals surface area contributed by atoms with Gasteiger partial charge in [-0.25, -0.2) is 0 Å². The van der Waals surface area contributed by atoms with Crippen molar-refractivity contribution in [1.82, 2.24) is 0 Å². The molecule has 1 heterocycles. The Morgan fingerprint density at radius 3 is 2.00 bits per heavy atom. The van der Waals surface area contributed by atoms with Gasteiger partial charge in [-0.05, 0) is 0 Å². The Balaban J connectivity index is 3.17. The first-order valence-corrected chi connectivity index (χ1v) is 2.30. The van der Waals surface area contributed by atoms with Crippen LogP contribution in [0.2, 0.25) is 0 Å². The second kappa shape index (κ2) is 1.81. The number of aromatic hydroxyl groups is 2. The summed E-state index contributed by atoms with van der Waals surface area (Å²) in [6.45, 7) is 0. The minimum atomic E-state index is -0.245. The van der Waals surface area contributed by atoms with Gasteiger partial charge in [0, 0.05) is 6.07 Å². The van der Waals surface area contributed by atoms with Crippen molar-refractivity contribution in [3.05, 3.63) is 23.7 Å². The molecule has 0 saturated heterocycles. The second-order valence-corrected chi connectivity index (χ2v) is 1.61. The van der Waals surface area contributed by atoms with Gasteiger partial charge in [0.2, 0.25) is 12.4 Å². The van der Waals surface area contributed by atoms with E-state index in [1.165, 1.54) is 0 Å². The maximum absolute atomic E-state index is 10.3. The number of nitrogens with zero attached hydrogens (tertiary/aromatic N) is 1. The summed E-state index contributed by atoms with van der Waals surface area (Å²) in [5.41, 5.74) is 0. The predicted octanol–water partition coefficient (Wildman–Crippen LogP) is -0.269. The smallest absolute Gasteiger partial charge is 0.222 e. The van der Waals surface area contributed by atoms with E-state index in [9.17, 15) is 5.21 Å². The van der Waals surface area contributed by atoms with Crippen LogP contribution < -0.4 is 4.73 Å². The van der Waals surface area contributed by atoms with Crippen LogP contribution in [0.15, 0.2) is 18.5 Å². The van der Waals surface area contributed by atoms with Gasteiger partial charge in [0.05, 0.1) is 0 Å². The van der Waals surface area contributed by atoms with E-state index in [0.717, 1.165) is 18.5 Å². The average molecular weight is 127 g/mol. The number of pyridine rings is 1. The first kappa shape index (κ1) is 5.68. The van der Waals surface area contributed by atoms with Crippen LogP contribution in [-0.4, -0.2) is 10.2 Å². The summed E-state index contributed by atoms with van der Waals surface area (Å²) in [4.78, 5) is 0. The highest BCUT2D eigenvalue weighted by Gasteiger charge is 1.97. The molecular formula is C5H5NO3. The summed E-state index contributed by atoms with van der Waals surface area (Å²) in [6, 6.07) is 1.08. The van der Waals surface area contributed by atoms with Gasteiger partial charge in [-0.2, -0.15) is 4.73 Å². The summed E-state index contributed by atoms with van der Waals surface area (Å²) in [5, 5.41) is 27.5. The fraction of sp³-hybridized carbons (Fsp3) is 0. The zero-order valence-corrected chi connectivity index (χ0v) is 4.48. The number of hydrogen-bond acceptors (Lipinski definition) is 3. The highest BCUT2D eigenvalue weighted by Crippen LogP contribution is 2.11. The van der Waals surface area contributed by atoms with Gasteiger partial charge >= 0.3 is 0 Å². The Morgan fingerprint density at radius 2 is 1.67 bits per heavy atom. The molecule has 0 unspecified atom stereocenters. The van der Waals surface area contributed by atoms with Gasteiger partial charge in [-0.15, -0.1) is 0 Å². The average Bonchev–Trinajstić information content (AvgIpc) is 1.59. The molecule has 9 heavy (non-hydrogen) atoms. The molecule has 2 N–H and O–H groups in total. The van der Waals surface area contributed by atoms with Gasteiger partial charge in [0.15, 0.2) is 11.5 Å². The number of aromatic nitrogens is 1. The fourth-order valence-corrected chi connectivity index (χ4v) is 0.524. The molecule has 0 aliphatic rings. The van der Waals surface area contributed by atoms with E-state index in [0.29, 0.717) is 4.73 Å². The molecule has 0 saturated carbocycles. The third-order valence-corrected chi connectivity index (χ3v) is 0.815. The molecule has 1 rings (SSSR count). The first-order valence-electron chi connectivity index (χ1n) is 2.30. The van der Waals surface area contributed by atoms with Crippen LogP contribution in [0.4, 0.5) is 0 Å². The topological polar surface area (TPSA) is 67.4 Å². The Kier molecular flexibility index (Phi) is 1.14. The van der Waals surface area contributed by atoms with Gasteiger partial charge < -0.3 is 15.4 Å². The second-order valence-electron chi connectivity index (χ2n) is 1.61. The molecule has 0 aliphatic heterocycles. The van der Waals surface area contributed by atoms with E-state index in [1.807, 2.05) is 0 Å². The van der Waals surface area contributed by atoms with Crippen molar-refractivity contribution in [2.24, 2.45) is 0 Å². The molecule has 0 fully saturated rings. The Hall–Kier alpha value is -1.45. The lowest BCUT2D eigenvalue weighted by Gasteiger charge is -1.95. The molecule has 1 aromatic rings. The molecule has 48 valence electrons. The molecule has 0 radical (unpaired) electrons. The lowest BCUT2D eigenvalue weighted by atomic mass is 10.4. The molecule has 0 aromatic carbocycles. The van der Waals surface area contributed by atoms with Crippen LogP contribution in [0.5, 0.6) is 11.5 Å². The molecule has 0 aliphatic carbocycles. The maximum atomic E-state index is 10.3. The van der Waals surface area contributed by atoms with Crippen molar-refractivity contribution in [2.75, 3.05) is 0 Å². The molecule has 4 nitrogen and oxygen atoms in total. The van der Waals surface area contributed by atoms with E-state index in [1.54, 1.807) is 0 Å². The van der Waals surface area contributed by atoms with Crippen LogP contribution in [-0.2, 0) is 0 Å². The van der Waals surface area contributed by atoms with Crippen LogP contribution in [0.1, 0.15) is 0 Å². The summed E-state index contributed by atoms with van der Waals surface area (Å²) in [6.07, 6.45) is 1.89. The third-order valence-electron chi connectivity index (χ3n) is 0.815. The molecule has 4 heteroatoms. The highest BCUT2D eigenvalue weighted by atomic mass is 16.5. The van der Waals surface area contributed by atoms with Gasteiger partial charge in [0.1, 0.15) is 0 Å². The van der Waals surface area contributed by atoms with Crippen LogP contribution >= 0.6 is 0 Å². The number of rotatable bonds is 0. The molecule has 0 spiro atoms. The van der Waals surface area contributed by atoms with Crippen molar-refractivity contribution in [3.63, 3.8) is 0 Å². The standard InChI is InChI=1S/C5H5NO3/c7-4-1-5(8)3-6(9)2-4/h1-3,7-8H.